The number of aryl methyl sites for hydroxylation is 1. The molecule has 1 amide bonds. The van der Waals surface area contributed by atoms with Gasteiger partial charge in [-0.25, -0.2) is 0 Å². The van der Waals surface area contributed by atoms with Crippen LogP contribution in [0.1, 0.15) is 39.7 Å². The summed E-state index contributed by atoms with van der Waals surface area (Å²) in [5.74, 6) is 1.07. The van der Waals surface area contributed by atoms with Crippen LogP contribution in [0.2, 0.25) is 0 Å². The Bertz CT molecular complexity index is 691. The molecule has 2 aliphatic rings. The average molecular weight is 331 g/mol. The van der Waals surface area contributed by atoms with Crippen molar-refractivity contribution >= 4 is 17.2 Å². The van der Waals surface area contributed by atoms with Gasteiger partial charge >= 0.3 is 0 Å². The summed E-state index contributed by atoms with van der Waals surface area (Å²) in [6.45, 7) is 2.85. The lowest BCUT2D eigenvalue weighted by molar-refractivity contribution is 0.0625. The van der Waals surface area contributed by atoms with E-state index in [-0.39, 0.29) is 11.8 Å². The molecule has 3 heterocycles. The van der Waals surface area contributed by atoms with Crippen molar-refractivity contribution in [3.05, 3.63) is 39.8 Å². The van der Waals surface area contributed by atoms with Crippen molar-refractivity contribution in [1.82, 2.24) is 14.7 Å². The lowest BCUT2D eigenvalue weighted by atomic mass is 9.96. The van der Waals surface area contributed by atoms with Crippen molar-refractivity contribution < 1.29 is 9.53 Å². The lowest BCUT2D eigenvalue weighted by Crippen LogP contribution is -2.39. The molecule has 1 atom stereocenters. The van der Waals surface area contributed by atoms with Gasteiger partial charge < -0.3 is 9.64 Å². The summed E-state index contributed by atoms with van der Waals surface area (Å²) in [5, 5.41) is 6.33. The molecule has 23 heavy (non-hydrogen) atoms. The fraction of sp³-hybridized carbons (Fsp3) is 0.529. The standard InChI is InChI=1S/C17H21N3O2S/c1-19-16-13(7-18-19)8-20(17(21)15-3-2-6-23-15)9-14(16)11-22-10-12-4-5-12/h2-3,6-7,12,14H,4-5,8-11H2,1H3/t14-/m1/s1. The second-order valence-electron chi connectivity index (χ2n) is 6.52. The van der Waals surface area contributed by atoms with Crippen LogP contribution in [0.4, 0.5) is 0 Å². The molecule has 0 spiro atoms. The minimum atomic E-state index is 0.113. The van der Waals surface area contributed by atoms with Crippen LogP contribution in [-0.2, 0) is 18.3 Å². The number of carbonyl (C=O) groups excluding carboxylic acids is 1. The third kappa shape index (κ3) is 3.05. The molecular weight excluding hydrogens is 310 g/mol. The Morgan fingerprint density at radius 1 is 1.43 bits per heavy atom. The van der Waals surface area contributed by atoms with Gasteiger partial charge in [-0.3, -0.25) is 9.48 Å². The molecule has 1 aliphatic carbocycles. The van der Waals surface area contributed by atoms with Crippen molar-refractivity contribution in [3.8, 4) is 0 Å². The van der Waals surface area contributed by atoms with Gasteiger partial charge in [0.2, 0.25) is 0 Å². The number of ether oxygens (including phenoxy) is 1. The first-order chi connectivity index (χ1) is 11.2. The normalized spacial score (nSPS) is 20.6. The van der Waals surface area contributed by atoms with Gasteiger partial charge in [-0.15, -0.1) is 11.3 Å². The van der Waals surface area contributed by atoms with Gasteiger partial charge in [0.05, 0.1) is 23.4 Å². The predicted molar refractivity (Wildman–Crippen MR) is 88.6 cm³/mol. The predicted octanol–water partition coefficient (Wildman–Crippen LogP) is 2.65. The third-order valence-electron chi connectivity index (χ3n) is 4.64. The number of rotatable bonds is 5. The Morgan fingerprint density at radius 3 is 3.04 bits per heavy atom. The van der Waals surface area contributed by atoms with Gasteiger partial charge in [0.15, 0.2) is 0 Å². The van der Waals surface area contributed by atoms with Crippen LogP contribution in [0.3, 0.4) is 0 Å². The summed E-state index contributed by atoms with van der Waals surface area (Å²) in [4.78, 5) is 15.4. The van der Waals surface area contributed by atoms with Crippen LogP contribution in [-0.4, -0.2) is 40.3 Å². The monoisotopic (exact) mass is 331 g/mol. The summed E-state index contributed by atoms with van der Waals surface area (Å²) < 4.78 is 7.86. The topological polar surface area (TPSA) is 47.4 Å². The summed E-state index contributed by atoms with van der Waals surface area (Å²) in [6.07, 6.45) is 4.48. The summed E-state index contributed by atoms with van der Waals surface area (Å²) in [6, 6.07) is 3.82. The second-order valence-corrected chi connectivity index (χ2v) is 7.47. The van der Waals surface area contributed by atoms with E-state index in [1.54, 1.807) is 0 Å². The molecule has 0 radical (unpaired) electrons. The van der Waals surface area contributed by atoms with Crippen LogP contribution in [0.25, 0.3) is 0 Å². The molecular formula is C17H21N3O2S. The smallest absolute Gasteiger partial charge is 0.264 e. The van der Waals surface area contributed by atoms with Crippen LogP contribution < -0.4 is 0 Å². The first-order valence-corrected chi connectivity index (χ1v) is 9.01. The maximum atomic E-state index is 12.7. The number of aromatic nitrogens is 2. The highest BCUT2D eigenvalue weighted by atomic mass is 32.1. The first-order valence-electron chi connectivity index (χ1n) is 8.13. The highest BCUT2D eigenvalue weighted by Gasteiger charge is 2.32. The van der Waals surface area contributed by atoms with Crippen LogP contribution >= 0.6 is 11.3 Å². The number of hydrogen-bond acceptors (Lipinski definition) is 4. The lowest BCUT2D eigenvalue weighted by Gasteiger charge is -2.33. The van der Waals surface area contributed by atoms with Gasteiger partial charge in [-0.1, -0.05) is 6.07 Å². The van der Waals surface area contributed by atoms with Crippen LogP contribution in [0.15, 0.2) is 23.7 Å². The zero-order chi connectivity index (χ0) is 15.8. The van der Waals surface area contributed by atoms with Gasteiger partial charge in [0.25, 0.3) is 5.91 Å². The van der Waals surface area contributed by atoms with E-state index in [9.17, 15) is 4.79 Å². The Balaban J connectivity index is 1.51. The van der Waals surface area contributed by atoms with Crippen LogP contribution in [0.5, 0.6) is 0 Å². The molecule has 0 N–H and O–H groups in total. The molecule has 0 saturated heterocycles. The maximum Gasteiger partial charge on any atom is 0.264 e. The van der Waals surface area contributed by atoms with E-state index < -0.39 is 0 Å². The number of fused-ring (bicyclic) bond motifs is 1. The van der Waals surface area contributed by atoms with Gasteiger partial charge in [-0.2, -0.15) is 5.10 Å². The Labute approximate surface area is 139 Å². The van der Waals surface area contributed by atoms with Crippen molar-refractivity contribution in [2.24, 2.45) is 13.0 Å². The molecule has 0 unspecified atom stereocenters. The summed E-state index contributed by atoms with van der Waals surface area (Å²) in [7, 11) is 1.98. The van der Waals surface area contributed by atoms with Crippen molar-refractivity contribution in [1.29, 1.82) is 0 Å². The maximum absolute atomic E-state index is 12.7. The average Bonchev–Trinajstić information content (AvgIpc) is 3.07. The molecule has 0 bridgehead atoms. The van der Waals surface area contributed by atoms with E-state index >= 15 is 0 Å². The fourth-order valence-corrected chi connectivity index (χ4v) is 3.96. The highest BCUT2D eigenvalue weighted by Crippen LogP contribution is 2.32. The molecule has 2 aromatic heterocycles. The quantitative estimate of drug-likeness (QED) is 0.846. The molecule has 4 rings (SSSR count). The van der Waals surface area contributed by atoms with E-state index in [2.05, 4.69) is 5.10 Å². The number of amides is 1. The van der Waals surface area contributed by atoms with E-state index in [1.807, 2.05) is 40.3 Å². The number of carbonyl (C=O) groups is 1. The fourth-order valence-electron chi connectivity index (χ4n) is 3.27. The summed E-state index contributed by atoms with van der Waals surface area (Å²) in [5.41, 5.74) is 2.36. The Morgan fingerprint density at radius 2 is 2.30 bits per heavy atom. The van der Waals surface area contributed by atoms with Crippen molar-refractivity contribution in [2.45, 2.75) is 25.3 Å². The van der Waals surface area contributed by atoms with Gasteiger partial charge in [-0.05, 0) is 30.2 Å². The van der Waals surface area contributed by atoms with Crippen molar-refractivity contribution in [2.75, 3.05) is 19.8 Å². The molecule has 2 aromatic rings. The SMILES string of the molecule is Cn1ncc2c1[C@@H](COCC1CC1)CN(C(=O)c1cccs1)C2. The number of hydrogen-bond donors (Lipinski definition) is 0. The summed E-state index contributed by atoms with van der Waals surface area (Å²) >= 11 is 1.50. The van der Waals surface area contributed by atoms with Crippen LogP contribution in [0, 0.1) is 5.92 Å². The molecule has 1 fully saturated rings. The van der Waals surface area contributed by atoms with Gasteiger partial charge in [0.1, 0.15) is 0 Å². The van der Waals surface area contributed by atoms with Crippen molar-refractivity contribution in [3.63, 3.8) is 0 Å². The van der Waals surface area contributed by atoms with E-state index in [0.29, 0.717) is 19.7 Å². The van der Waals surface area contributed by atoms with E-state index in [0.717, 1.165) is 23.0 Å². The molecule has 5 nitrogen and oxygen atoms in total. The number of nitrogens with zero attached hydrogens (tertiary/aromatic N) is 3. The zero-order valence-corrected chi connectivity index (χ0v) is 14.1. The molecule has 1 aliphatic heterocycles. The van der Waals surface area contributed by atoms with Gasteiger partial charge in [0, 0.05) is 38.2 Å². The molecule has 122 valence electrons. The second kappa shape index (κ2) is 6.09. The molecule has 1 saturated carbocycles. The minimum absolute atomic E-state index is 0.113. The third-order valence-corrected chi connectivity index (χ3v) is 5.50. The highest BCUT2D eigenvalue weighted by molar-refractivity contribution is 7.12. The van der Waals surface area contributed by atoms with E-state index in [1.165, 1.54) is 29.9 Å². The zero-order valence-electron chi connectivity index (χ0n) is 13.3. The molecule has 6 heteroatoms. The first kappa shape index (κ1) is 14.9. The van der Waals surface area contributed by atoms with E-state index in [4.69, 9.17) is 4.74 Å². The Hall–Kier alpha value is -1.66. The molecule has 0 aromatic carbocycles. The minimum Gasteiger partial charge on any atom is -0.380 e. The largest absolute Gasteiger partial charge is 0.380 e. The Kier molecular flexibility index (Phi) is 3.95. The number of thiophene rings is 1.